The van der Waals surface area contributed by atoms with Crippen molar-refractivity contribution in [2.24, 2.45) is 15.0 Å². The molecule has 8 aromatic carbocycles. The van der Waals surface area contributed by atoms with Crippen LogP contribution in [-0.2, 0) is 30.8 Å². The van der Waals surface area contributed by atoms with E-state index in [0.29, 0.717) is 29.4 Å². The number of aliphatic imine (C=N–C) groups is 3. The summed E-state index contributed by atoms with van der Waals surface area (Å²) in [5.41, 5.74) is 19.8. The van der Waals surface area contributed by atoms with Crippen molar-refractivity contribution in [2.45, 2.75) is 71.1 Å². The first-order valence-corrected chi connectivity index (χ1v) is 29.3. The minimum absolute atomic E-state index is 0.256. The van der Waals surface area contributed by atoms with Gasteiger partial charge in [-0.1, -0.05) is 138 Å². The van der Waals surface area contributed by atoms with Crippen LogP contribution in [0, 0.1) is 41.5 Å². The van der Waals surface area contributed by atoms with E-state index in [9.17, 15) is 16.8 Å². The molecule has 1 aliphatic carbocycles. The van der Waals surface area contributed by atoms with Crippen LogP contribution in [0.1, 0.15) is 69.0 Å². The van der Waals surface area contributed by atoms with Gasteiger partial charge in [-0.05, 0) is 151 Å². The van der Waals surface area contributed by atoms with Crippen molar-refractivity contribution < 1.29 is 21.6 Å². The van der Waals surface area contributed by atoms with E-state index in [0.717, 1.165) is 85.9 Å². The van der Waals surface area contributed by atoms with Crippen LogP contribution >= 0.6 is 0 Å². The van der Waals surface area contributed by atoms with E-state index in [4.69, 9.17) is 19.7 Å². The van der Waals surface area contributed by atoms with Gasteiger partial charge in [0.25, 0.3) is 0 Å². The summed E-state index contributed by atoms with van der Waals surface area (Å²) in [5.74, 6) is 0. The number of hydrogen-bond acceptors (Lipinski definition) is 10. The Bertz CT molecular complexity index is 3950. The maximum Gasteiger partial charge on any atom is 0.201 e. The molecule has 0 atom stereocenters. The van der Waals surface area contributed by atoms with Gasteiger partial charge in [-0.25, -0.2) is 31.8 Å². The van der Waals surface area contributed by atoms with E-state index >= 15 is 0 Å². The molecule has 0 bridgehead atoms. The van der Waals surface area contributed by atoms with Crippen molar-refractivity contribution >= 4 is 65.2 Å². The molecule has 0 saturated heterocycles. The highest BCUT2D eigenvalue weighted by Gasteiger charge is 2.28. The molecule has 79 heavy (non-hydrogen) atoms. The van der Waals surface area contributed by atoms with Crippen molar-refractivity contribution in [1.29, 1.82) is 0 Å². The van der Waals surface area contributed by atoms with E-state index in [2.05, 4.69) is 54.0 Å². The average molecular weight is 1080 g/mol. The fourth-order valence-electron chi connectivity index (χ4n) is 9.50. The van der Waals surface area contributed by atoms with E-state index in [-0.39, 0.29) is 9.79 Å². The minimum atomic E-state index is -3.63. The fourth-order valence-corrected chi connectivity index (χ4v) is 11.8. The van der Waals surface area contributed by atoms with Crippen molar-refractivity contribution in [2.75, 3.05) is 17.2 Å². The Hall–Kier alpha value is -8.71. The van der Waals surface area contributed by atoms with Crippen LogP contribution in [0.15, 0.2) is 247 Å². The fraction of sp³-hybridized carbons (Fsp3) is 0.149. The third kappa shape index (κ3) is 13.4. The maximum absolute atomic E-state index is 13.0. The van der Waals surface area contributed by atoms with Crippen molar-refractivity contribution in [3.05, 3.63) is 278 Å². The molecule has 12 heteroatoms. The molecule has 0 radical (unpaired) electrons. The molecule has 0 unspecified atom stereocenters. The lowest BCUT2D eigenvalue weighted by molar-refractivity contribution is 0.266. The second-order valence-electron chi connectivity index (χ2n) is 19.7. The summed E-state index contributed by atoms with van der Waals surface area (Å²) >= 11 is 0. The van der Waals surface area contributed by atoms with Crippen molar-refractivity contribution in [1.82, 2.24) is 0 Å². The quantitative estimate of drug-likeness (QED) is 0.137. The van der Waals surface area contributed by atoms with Crippen LogP contribution in [0.3, 0.4) is 0 Å². The molecule has 3 aliphatic rings. The van der Waals surface area contributed by atoms with Crippen LogP contribution in [0.25, 0.3) is 0 Å². The van der Waals surface area contributed by atoms with E-state index in [1.807, 2.05) is 139 Å². The molecule has 0 fully saturated rings. The topological polar surface area (TPSA) is 139 Å². The Morgan fingerprint density at radius 1 is 0.456 bits per heavy atom. The summed E-state index contributed by atoms with van der Waals surface area (Å²) in [6, 6.07) is 59.4. The zero-order chi connectivity index (χ0) is 55.7. The molecule has 2 N–H and O–H groups in total. The van der Waals surface area contributed by atoms with Gasteiger partial charge in [-0.3, -0.25) is 0 Å². The summed E-state index contributed by atoms with van der Waals surface area (Å²) in [5, 5.41) is 9.04. The molecule has 0 spiro atoms. The molecule has 10 nitrogen and oxygen atoms in total. The Morgan fingerprint density at radius 3 is 1.44 bits per heavy atom. The molecule has 11 rings (SSSR count). The first kappa shape index (κ1) is 55.1. The number of anilines is 2. The highest BCUT2D eigenvalue weighted by atomic mass is 32.2. The number of hydrogen-bond donors (Lipinski definition) is 2. The number of sulfone groups is 2. The molecule has 0 aromatic heterocycles. The normalized spacial score (nSPS) is 16.5. The zero-order valence-electron chi connectivity index (χ0n) is 45.5. The number of nitrogens with zero attached hydrogens (tertiary/aromatic N) is 3. The molecule has 2 aliphatic heterocycles. The lowest BCUT2D eigenvalue weighted by Crippen LogP contribution is -2.15. The molecule has 8 aromatic rings. The summed E-state index contributed by atoms with van der Waals surface area (Å²) < 4.78 is 57.3. The van der Waals surface area contributed by atoms with E-state index < -0.39 is 19.7 Å². The molecule has 398 valence electrons. The number of aryl methyl sites for hydroxylation is 7. The standard InChI is InChI=1S/C25H24N2O2S.C23H20N2O2S.C19H19NO/c1-16-10-11-22-21(14-16)25(27-24-18(3)12-17(2)13-19(24)4)23(26-22)15-30(28,29)20-8-6-5-7-9-20;1-16-8-11-18(12-9-16)24-23-20-14-17(2)10-13-21(20)25-22(23)15-28(26,27)19-6-4-3-5-7-19;1-2-21-14-16-13-12-15-8-6-7-11-18(15)19(16)20-17-9-4-3-5-10-17/h5-15,26H,1-4H3;3-15,25H,1-2H3;3-11,14H,2,12-13H2,1H3/b23-15-,27-25?;22-15-,24-23?;. The SMILES string of the molecule is CCOC=C1CCc2ccccc2C1=Nc1ccccc1.Cc1cc(C)c(N=C2/C(=C/S(=O)(=O)c3ccccc3)Nc3ccc(C)cc32)c(C)c1.Cc1ccc(N=C2/C(=C/S(=O)(=O)c3ccccc3)Nc3ccc(C)cc32)cc1. The third-order valence-corrected chi connectivity index (χ3v) is 16.3. The van der Waals surface area contributed by atoms with Gasteiger partial charge >= 0.3 is 0 Å². The van der Waals surface area contributed by atoms with Gasteiger partial charge in [0.05, 0.1) is 79.1 Å². The van der Waals surface area contributed by atoms with Gasteiger partial charge in [0.1, 0.15) is 0 Å². The number of rotatable bonds is 9. The van der Waals surface area contributed by atoms with Crippen LogP contribution in [-0.4, -0.2) is 40.6 Å². The van der Waals surface area contributed by atoms with Crippen LogP contribution in [0.2, 0.25) is 0 Å². The number of benzene rings is 8. The van der Waals surface area contributed by atoms with Crippen molar-refractivity contribution in [3.63, 3.8) is 0 Å². The number of para-hydroxylation sites is 1. The van der Waals surface area contributed by atoms with Crippen LogP contribution in [0.4, 0.5) is 28.4 Å². The smallest absolute Gasteiger partial charge is 0.201 e. The highest BCUT2D eigenvalue weighted by Crippen LogP contribution is 2.36. The summed E-state index contributed by atoms with van der Waals surface area (Å²) in [6.45, 7) is 14.8. The van der Waals surface area contributed by atoms with Crippen molar-refractivity contribution in [3.8, 4) is 0 Å². The lowest BCUT2D eigenvalue weighted by Gasteiger charge is -2.20. The van der Waals surface area contributed by atoms with Gasteiger partial charge in [-0.2, -0.15) is 0 Å². The molecular formula is C67H63N5O5S2. The predicted octanol–water partition coefficient (Wildman–Crippen LogP) is 15.6. The third-order valence-electron chi connectivity index (χ3n) is 13.4. The average Bonchev–Trinajstić information content (AvgIpc) is 4.12. The first-order chi connectivity index (χ1) is 38.0. The summed E-state index contributed by atoms with van der Waals surface area (Å²) in [4.78, 5) is 15.1. The number of ether oxygens (including phenoxy) is 1. The Kier molecular flexibility index (Phi) is 16.9. The van der Waals surface area contributed by atoms with Gasteiger partial charge in [0, 0.05) is 33.6 Å². The largest absolute Gasteiger partial charge is 0.501 e. The van der Waals surface area contributed by atoms with Gasteiger partial charge in [0.15, 0.2) is 0 Å². The number of allylic oxidation sites excluding steroid dienone is 3. The molecule has 0 amide bonds. The lowest BCUT2D eigenvalue weighted by atomic mass is 9.86. The zero-order valence-corrected chi connectivity index (χ0v) is 47.1. The van der Waals surface area contributed by atoms with E-state index in [1.165, 1.54) is 33.1 Å². The maximum atomic E-state index is 13.0. The van der Waals surface area contributed by atoms with Gasteiger partial charge in [-0.15, -0.1) is 0 Å². The minimum Gasteiger partial charge on any atom is -0.501 e. The van der Waals surface area contributed by atoms with Crippen LogP contribution in [0.5, 0.6) is 0 Å². The Balaban J connectivity index is 0.000000146. The highest BCUT2D eigenvalue weighted by molar-refractivity contribution is 7.94. The second-order valence-corrected chi connectivity index (χ2v) is 23.3. The predicted molar refractivity (Wildman–Crippen MR) is 324 cm³/mol. The molecule has 2 heterocycles. The molecule has 0 saturated carbocycles. The molecular weight excluding hydrogens is 1020 g/mol. The summed E-state index contributed by atoms with van der Waals surface area (Å²) in [6.07, 6.45) is 3.89. The number of fused-ring (bicyclic) bond motifs is 3. The van der Waals surface area contributed by atoms with Gasteiger partial charge < -0.3 is 15.4 Å². The first-order valence-electron chi connectivity index (χ1n) is 26.2. The van der Waals surface area contributed by atoms with Gasteiger partial charge in [0.2, 0.25) is 19.7 Å². The second kappa shape index (κ2) is 24.3. The summed E-state index contributed by atoms with van der Waals surface area (Å²) in [7, 11) is -7.24. The monoisotopic (exact) mass is 1080 g/mol. The number of nitrogens with one attached hydrogen (secondary N) is 2. The Labute approximate surface area is 465 Å². The van der Waals surface area contributed by atoms with E-state index in [1.54, 1.807) is 60.7 Å². The van der Waals surface area contributed by atoms with Crippen LogP contribution < -0.4 is 10.6 Å². The Morgan fingerprint density at radius 2 is 0.911 bits per heavy atom.